The number of hydrogen-bond donors (Lipinski definition) is 3. The van der Waals surface area contributed by atoms with Crippen LogP contribution in [0.15, 0.2) is 18.2 Å². The van der Waals surface area contributed by atoms with Gasteiger partial charge in [0.25, 0.3) is 0 Å². The van der Waals surface area contributed by atoms with E-state index in [1.165, 1.54) is 12.1 Å². The second kappa shape index (κ2) is 3.38. The van der Waals surface area contributed by atoms with Gasteiger partial charge in [-0.25, -0.2) is 0 Å². The Morgan fingerprint density at radius 2 is 1.91 bits per heavy atom. The van der Waals surface area contributed by atoms with Gasteiger partial charge in [0.15, 0.2) is 6.29 Å². The predicted octanol–water partition coefficient (Wildman–Crippen LogP) is 0.980. The SMILES string of the molecule is Oc1cc(I)ccc1C(O)O. The first-order chi connectivity index (χ1) is 5.11. The molecule has 60 valence electrons. The number of halogens is 1. The maximum absolute atomic E-state index is 9.14. The Balaban J connectivity index is 3.09. The molecule has 3 nitrogen and oxygen atoms in total. The number of aromatic hydroxyl groups is 1. The predicted molar refractivity (Wildman–Crippen MR) is 48.0 cm³/mol. The first-order valence-electron chi connectivity index (χ1n) is 2.96. The largest absolute Gasteiger partial charge is 0.507 e. The highest BCUT2D eigenvalue weighted by molar-refractivity contribution is 14.1. The molecule has 1 aromatic carbocycles. The van der Waals surface area contributed by atoms with E-state index in [2.05, 4.69) is 0 Å². The Morgan fingerprint density at radius 3 is 2.36 bits per heavy atom. The number of aliphatic hydroxyl groups is 2. The van der Waals surface area contributed by atoms with Crippen LogP contribution in [0.2, 0.25) is 0 Å². The van der Waals surface area contributed by atoms with Crippen LogP contribution >= 0.6 is 22.6 Å². The highest BCUT2D eigenvalue weighted by atomic mass is 127. The van der Waals surface area contributed by atoms with Crippen LogP contribution in [0.3, 0.4) is 0 Å². The lowest BCUT2D eigenvalue weighted by molar-refractivity contribution is -0.0438. The molecule has 0 amide bonds. The van der Waals surface area contributed by atoms with Crippen LogP contribution in [0, 0.1) is 3.57 Å². The lowest BCUT2D eigenvalue weighted by Gasteiger charge is -2.05. The molecule has 0 bridgehead atoms. The second-order valence-electron chi connectivity index (χ2n) is 2.08. The van der Waals surface area contributed by atoms with E-state index < -0.39 is 6.29 Å². The first kappa shape index (κ1) is 8.76. The van der Waals surface area contributed by atoms with Gasteiger partial charge in [0.1, 0.15) is 5.75 Å². The number of aliphatic hydroxyl groups excluding tert-OH is 1. The van der Waals surface area contributed by atoms with E-state index in [4.69, 9.17) is 15.3 Å². The maximum atomic E-state index is 9.14. The summed E-state index contributed by atoms with van der Waals surface area (Å²) in [4.78, 5) is 0. The number of hydrogen-bond acceptors (Lipinski definition) is 3. The molecule has 0 aliphatic heterocycles. The Hall–Kier alpha value is -0.330. The van der Waals surface area contributed by atoms with Crippen molar-refractivity contribution in [2.24, 2.45) is 0 Å². The van der Waals surface area contributed by atoms with Crippen LogP contribution in [0.1, 0.15) is 11.9 Å². The van der Waals surface area contributed by atoms with Crippen molar-refractivity contribution in [3.63, 3.8) is 0 Å². The summed E-state index contributed by atoms with van der Waals surface area (Å²) in [5.41, 5.74) is 0.130. The van der Waals surface area contributed by atoms with E-state index >= 15 is 0 Å². The monoisotopic (exact) mass is 266 g/mol. The smallest absolute Gasteiger partial charge is 0.182 e. The van der Waals surface area contributed by atoms with Crippen molar-refractivity contribution in [1.82, 2.24) is 0 Å². The second-order valence-corrected chi connectivity index (χ2v) is 3.32. The van der Waals surface area contributed by atoms with Crippen molar-refractivity contribution < 1.29 is 15.3 Å². The highest BCUT2D eigenvalue weighted by Crippen LogP contribution is 2.24. The summed E-state index contributed by atoms with van der Waals surface area (Å²) in [6, 6.07) is 4.63. The van der Waals surface area contributed by atoms with E-state index in [0.29, 0.717) is 0 Å². The Bertz CT molecular complexity index is 260. The van der Waals surface area contributed by atoms with Gasteiger partial charge >= 0.3 is 0 Å². The summed E-state index contributed by atoms with van der Waals surface area (Å²) in [5.74, 6) is -0.0908. The number of benzene rings is 1. The summed E-state index contributed by atoms with van der Waals surface area (Å²) in [5, 5.41) is 26.5. The molecule has 0 heterocycles. The molecule has 0 atom stereocenters. The third-order valence-electron chi connectivity index (χ3n) is 1.27. The van der Waals surface area contributed by atoms with Crippen LogP contribution in [0.4, 0.5) is 0 Å². The molecule has 11 heavy (non-hydrogen) atoms. The van der Waals surface area contributed by atoms with Crippen molar-refractivity contribution in [2.75, 3.05) is 0 Å². The average Bonchev–Trinajstić information content (AvgIpc) is 1.85. The zero-order valence-corrected chi connectivity index (χ0v) is 7.69. The molecule has 0 aromatic heterocycles. The molecular weight excluding hydrogens is 259 g/mol. The van der Waals surface area contributed by atoms with Crippen molar-refractivity contribution >= 4 is 22.6 Å². The van der Waals surface area contributed by atoms with Crippen LogP contribution < -0.4 is 0 Å². The standard InChI is InChI=1S/C7H7IO3/c8-4-1-2-5(7(10)11)6(9)3-4/h1-3,7,9-11H. The highest BCUT2D eigenvalue weighted by Gasteiger charge is 2.07. The van der Waals surface area contributed by atoms with E-state index in [0.717, 1.165) is 3.57 Å². The molecule has 3 N–H and O–H groups in total. The molecule has 4 heteroatoms. The molecule has 0 fully saturated rings. The number of phenols is 1. The number of rotatable bonds is 1. The van der Waals surface area contributed by atoms with Gasteiger partial charge in [0.2, 0.25) is 0 Å². The van der Waals surface area contributed by atoms with E-state index in [9.17, 15) is 0 Å². The summed E-state index contributed by atoms with van der Waals surface area (Å²) in [7, 11) is 0. The van der Waals surface area contributed by atoms with Crippen LogP contribution in [0.25, 0.3) is 0 Å². The van der Waals surface area contributed by atoms with Crippen molar-refractivity contribution in [1.29, 1.82) is 0 Å². The summed E-state index contributed by atoms with van der Waals surface area (Å²) >= 11 is 2.02. The van der Waals surface area contributed by atoms with E-state index in [1.807, 2.05) is 22.6 Å². The third-order valence-corrected chi connectivity index (χ3v) is 1.94. The van der Waals surface area contributed by atoms with Gasteiger partial charge in [-0.05, 0) is 40.8 Å². The van der Waals surface area contributed by atoms with Crippen LogP contribution in [0.5, 0.6) is 5.75 Å². The fourth-order valence-corrected chi connectivity index (χ4v) is 1.21. The Labute approximate surface area is 77.4 Å². The first-order valence-corrected chi connectivity index (χ1v) is 4.03. The summed E-state index contributed by atoms with van der Waals surface area (Å²) < 4.78 is 0.851. The normalized spacial score (nSPS) is 10.5. The van der Waals surface area contributed by atoms with Gasteiger partial charge in [-0.15, -0.1) is 0 Å². The molecule has 0 saturated heterocycles. The van der Waals surface area contributed by atoms with Gasteiger partial charge in [-0.2, -0.15) is 0 Å². The van der Waals surface area contributed by atoms with E-state index in [1.54, 1.807) is 6.07 Å². The molecule has 0 aliphatic carbocycles. The molecule has 0 aliphatic rings. The minimum atomic E-state index is -1.60. The van der Waals surface area contributed by atoms with Gasteiger partial charge in [-0.1, -0.05) is 0 Å². The Kier molecular flexibility index (Phi) is 2.69. The molecule has 0 saturated carbocycles. The minimum Gasteiger partial charge on any atom is -0.507 e. The fraction of sp³-hybridized carbons (Fsp3) is 0.143. The van der Waals surface area contributed by atoms with Crippen molar-refractivity contribution in [3.8, 4) is 5.75 Å². The fourth-order valence-electron chi connectivity index (χ4n) is 0.735. The van der Waals surface area contributed by atoms with Crippen LogP contribution in [-0.4, -0.2) is 15.3 Å². The zero-order valence-electron chi connectivity index (χ0n) is 5.53. The van der Waals surface area contributed by atoms with Gasteiger partial charge in [-0.3, -0.25) is 0 Å². The lowest BCUT2D eigenvalue weighted by atomic mass is 10.2. The molecule has 1 aromatic rings. The molecule has 0 unspecified atom stereocenters. The minimum absolute atomic E-state index is 0.0908. The summed E-state index contributed by atoms with van der Waals surface area (Å²) in [6.45, 7) is 0. The van der Waals surface area contributed by atoms with E-state index in [-0.39, 0.29) is 11.3 Å². The molecule has 0 radical (unpaired) electrons. The molecule has 1 rings (SSSR count). The van der Waals surface area contributed by atoms with Gasteiger partial charge in [0.05, 0.1) is 0 Å². The topological polar surface area (TPSA) is 60.7 Å². The third kappa shape index (κ3) is 2.05. The lowest BCUT2D eigenvalue weighted by Crippen LogP contribution is -1.94. The van der Waals surface area contributed by atoms with Crippen LogP contribution in [-0.2, 0) is 0 Å². The van der Waals surface area contributed by atoms with Crippen molar-refractivity contribution in [2.45, 2.75) is 6.29 Å². The average molecular weight is 266 g/mol. The Morgan fingerprint density at radius 1 is 1.27 bits per heavy atom. The maximum Gasteiger partial charge on any atom is 0.182 e. The zero-order chi connectivity index (χ0) is 8.43. The summed E-state index contributed by atoms with van der Waals surface area (Å²) in [6.07, 6.45) is -1.60. The molecule has 0 spiro atoms. The van der Waals surface area contributed by atoms with Gasteiger partial charge < -0.3 is 15.3 Å². The quantitative estimate of drug-likeness (QED) is 0.524. The number of phenolic OH excluding ortho intramolecular Hbond substituents is 1. The van der Waals surface area contributed by atoms with Gasteiger partial charge in [0, 0.05) is 9.13 Å². The molecular formula is C7H7IO3. The van der Waals surface area contributed by atoms with Crippen molar-refractivity contribution in [3.05, 3.63) is 27.3 Å².